The number of hydrogen-bond acceptors (Lipinski definition) is 4. The van der Waals surface area contributed by atoms with E-state index in [1.165, 1.54) is 0 Å². The lowest BCUT2D eigenvalue weighted by Crippen LogP contribution is -2.34. The van der Waals surface area contributed by atoms with Crippen LogP contribution in [0.1, 0.15) is 19.3 Å². The Morgan fingerprint density at radius 1 is 1.29 bits per heavy atom. The Bertz CT molecular complexity index is 354. The largest absolute Gasteiger partial charge is 0.425 e. The number of carbonyl (C=O) groups is 1. The lowest BCUT2D eigenvalue weighted by molar-refractivity contribution is -0.136. The molecule has 0 saturated heterocycles. The fraction of sp³-hybridized carbons (Fsp3) is 0.417. The lowest BCUT2D eigenvalue weighted by Gasteiger charge is -2.10. The average molecular weight is 257 g/mol. The molecular formula is C12H17ClN2O2. The maximum absolute atomic E-state index is 11.6. The van der Waals surface area contributed by atoms with Crippen molar-refractivity contribution < 1.29 is 9.53 Å². The van der Waals surface area contributed by atoms with Crippen LogP contribution in [0.4, 0.5) is 0 Å². The van der Waals surface area contributed by atoms with E-state index in [9.17, 15) is 4.79 Å². The van der Waals surface area contributed by atoms with Gasteiger partial charge < -0.3 is 16.2 Å². The summed E-state index contributed by atoms with van der Waals surface area (Å²) in [6, 6.07) is 5.98. The Hall–Kier alpha value is -1.10. The Morgan fingerprint density at radius 2 is 1.94 bits per heavy atom. The van der Waals surface area contributed by atoms with Gasteiger partial charge in [0, 0.05) is 5.02 Å². The number of esters is 1. The second kappa shape index (κ2) is 7.27. The Kier molecular flexibility index (Phi) is 5.97. The van der Waals surface area contributed by atoms with Gasteiger partial charge in [-0.3, -0.25) is 0 Å². The molecule has 0 aliphatic rings. The number of hydrogen-bond donors (Lipinski definition) is 2. The molecule has 0 fully saturated rings. The number of unbranched alkanes of at least 4 members (excludes halogenated alkanes) is 1. The Balaban J connectivity index is 2.40. The van der Waals surface area contributed by atoms with Crippen LogP contribution >= 0.6 is 11.6 Å². The molecule has 4 nitrogen and oxygen atoms in total. The van der Waals surface area contributed by atoms with E-state index < -0.39 is 12.0 Å². The van der Waals surface area contributed by atoms with Crippen molar-refractivity contribution in [2.45, 2.75) is 25.3 Å². The molecule has 1 atom stereocenters. The fourth-order valence-electron chi connectivity index (χ4n) is 1.32. The van der Waals surface area contributed by atoms with Crippen molar-refractivity contribution in [2.24, 2.45) is 11.5 Å². The van der Waals surface area contributed by atoms with Gasteiger partial charge in [-0.05, 0) is 43.7 Å². The van der Waals surface area contributed by atoms with Crippen LogP contribution in [0, 0.1) is 0 Å². The third kappa shape index (κ3) is 5.17. The first-order valence-corrected chi connectivity index (χ1v) is 5.94. The van der Waals surface area contributed by atoms with Crippen molar-refractivity contribution in [3.63, 3.8) is 0 Å². The minimum atomic E-state index is -0.600. The monoisotopic (exact) mass is 256 g/mol. The van der Waals surface area contributed by atoms with Crippen molar-refractivity contribution in [1.29, 1.82) is 0 Å². The highest BCUT2D eigenvalue weighted by Gasteiger charge is 2.15. The van der Waals surface area contributed by atoms with E-state index in [-0.39, 0.29) is 0 Å². The van der Waals surface area contributed by atoms with E-state index in [1.54, 1.807) is 24.3 Å². The van der Waals surface area contributed by atoms with Crippen LogP contribution in [0.15, 0.2) is 24.3 Å². The second-order valence-corrected chi connectivity index (χ2v) is 4.20. The molecule has 1 rings (SSSR count). The summed E-state index contributed by atoms with van der Waals surface area (Å²) < 4.78 is 5.11. The van der Waals surface area contributed by atoms with Gasteiger partial charge in [-0.1, -0.05) is 18.0 Å². The van der Waals surface area contributed by atoms with Gasteiger partial charge >= 0.3 is 5.97 Å². The van der Waals surface area contributed by atoms with E-state index in [0.717, 1.165) is 12.8 Å². The molecule has 1 aromatic carbocycles. The number of benzene rings is 1. The normalized spacial score (nSPS) is 12.2. The van der Waals surface area contributed by atoms with Gasteiger partial charge in [-0.25, -0.2) is 4.79 Å². The summed E-state index contributed by atoms with van der Waals surface area (Å²) in [5.74, 6) is 0.0259. The Labute approximate surface area is 106 Å². The summed E-state index contributed by atoms with van der Waals surface area (Å²) in [6.45, 7) is 0.610. The molecule has 4 N–H and O–H groups in total. The fourth-order valence-corrected chi connectivity index (χ4v) is 1.45. The summed E-state index contributed by atoms with van der Waals surface area (Å²) >= 11 is 5.72. The van der Waals surface area contributed by atoms with E-state index in [1.807, 2.05) is 0 Å². The van der Waals surface area contributed by atoms with Crippen LogP contribution in [-0.4, -0.2) is 18.6 Å². The van der Waals surface area contributed by atoms with Crippen LogP contribution in [0.2, 0.25) is 5.02 Å². The van der Waals surface area contributed by atoms with Crippen molar-refractivity contribution in [3.05, 3.63) is 29.3 Å². The third-order valence-corrected chi connectivity index (χ3v) is 2.56. The molecule has 0 heterocycles. The van der Waals surface area contributed by atoms with E-state index >= 15 is 0 Å². The Morgan fingerprint density at radius 3 is 2.53 bits per heavy atom. The van der Waals surface area contributed by atoms with Crippen molar-refractivity contribution in [2.75, 3.05) is 6.54 Å². The molecule has 5 heteroatoms. The molecule has 0 bridgehead atoms. The summed E-state index contributed by atoms with van der Waals surface area (Å²) in [5.41, 5.74) is 11.1. The summed E-state index contributed by atoms with van der Waals surface area (Å²) in [7, 11) is 0. The lowest BCUT2D eigenvalue weighted by atomic mass is 10.1. The number of halogens is 1. The highest BCUT2D eigenvalue weighted by molar-refractivity contribution is 6.30. The standard InChI is InChI=1S/C12H17ClN2O2/c13-9-4-6-10(7-5-9)17-12(16)11(15)3-1-2-8-14/h4-7,11H,1-3,8,14-15H2/t11-/m0/s1. The molecule has 94 valence electrons. The van der Waals surface area contributed by atoms with Crippen molar-refractivity contribution >= 4 is 17.6 Å². The molecule has 0 aliphatic heterocycles. The van der Waals surface area contributed by atoms with Crippen molar-refractivity contribution in [1.82, 2.24) is 0 Å². The van der Waals surface area contributed by atoms with Gasteiger partial charge in [0.1, 0.15) is 11.8 Å². The molecule has 1 aromatic rings. The number of nitrogens with two attached hydrogens (primary N) is 2. The van der Waals surface area contributed by atoms with Crippen LogP contribution in [-0.2, 0) is 4.79 Å². The predicted molar refractivity (Wildman–Crippen MR) is 68.0 cm³/mol. The van der Waals surface area contributed by atoms with Crippen LogP contribution in [0.25, 0.3) is 0 Å². The van der Waals surface area contributed by atoms with Crippen molar-refractivity contribution in [3.8, 4) is 5.75 Å². The van der Waals surface area contributed by atoms with E-state index in [2.05, 4.69) is 0 Å². The van der Waals surface area contributed by atoms with Gasteiger partial charge in [0.05, 0.1) is 0 Å². The van der Waals surface area contributed by atoms with Gasteiger partial charge in [-0.2, -0.15) is 0 Å². The maximum Gasteiger partial charge on any atom is 0.328 e. The third-order valence-electron chi connectivity index (χ3n) is 2.30. The zero-order valence-corrected chi connectivity index (χ0v) is 10.3. The number of rotatable bonds is 6. The summed E-state index contributed by atoms with van der Waals surface area (Å²) in [4.78, 5) is 11.6. The smallest absolute Gasteiger partial charge is 0.328 e. The summed E-state index contributed by atoms with van der Waals surface area (Å²) in [5, 5.41) is 0.594. The first kappa shape index (κ1) is 14.0. The second-order valence-electron chi connectivity index (χ2n) is 3.77. The summed E-state index contributed by atoms with van der Waals surface area (Å²) in [6.07, 6.45) is 2.28. The average Bonchev–Trinajstić information content (AvgIpc) is 2.32. The molecule has 0 unspecified atom stereocenters. The van der Waals surface area contributed by atoms with Crippen LogP contribution < -0.4 is 16.2 Å². The highest BCUT2D eigenvalue weighted by atomic mass is 35.5. The van der Waals surface area contributed by atoms with Crippen LogP contribution in [0.5, 0.6) is 5.75 Å². The SMILES string of the molecule is NCCCC[C@H](N)C(=O)Oc1ccc(Cl)cc1. The molecule has 0 spiro atoms. The zero-order valence-electron chi connectivity index (χ0n) is 9.56. The maximum atomic E-state index is 11.6. The molecule has 0 amide bonds. The quantitative estimate of drug-likeness (QED) is 0.461. The molecule has 17 heavy (non-hydrogen) atoms. The molecule has 0 radical (unpaired) electrons. The first-order chi connectivity index (χ1) is 8.13. The van der Waals surface area contributed by atoms with E-state index in [4.69, 9.17) is 27.8 Å². The predicted octanol–water partition coefficient (Wildman–Crippen LogP) is 1.70. The number of ether oxygens (including phenoxy) is 1. The number of carbonyl (C=O) groups excluding carboxylic acids is 1. The van der Waals surface area contributed by atoms with Gasteiger partial charge in [0.25, 0.3) is 0 Å². The minimum Gasteiger partial charge on any atom is -0.425 e. The first-order valence-electron chi connectivity index (χ1n) is 5.56. The van der Waals surface area contributed by atoms with E-state index in [0.29, 0.717) is 23.7 Å². The van der Waals surface area contributed by atoms with Gasteiger partial charge in [0.15, 0.2) is 0 Å². The zero-order chi connectivity index (χ0) is 12.7. The topological polar surface area (TPSA) is 78.3 Å². The molecular weight excluding hydrogens is 240 g/mol. The molecule has 0 saturated carbocycles. The van der Waals surface area contributed by atoms with Crippen LogP contribution in [0.3, 0.4) is 0 Å². The molecule has 0 aromatic heterocycles. The van der Waals surface area contributed by atoms with Gasteiger partial charge in [-0.15, -0.1) is 0 Å². The molecule has 0 aliphatic carbocycles. The minimum absolute atomic E-state index is 0.427. The van der Waals surface area contributed by atoms with Gasteiger partial charge in [0.2, 0.25) is 0 Å². The highest BCUT2D eigenvalue weighted by Crippen LogP contribution is 2.16.